The molecule has 0 aromatic rings. The molecule has 1 atom stereocenters. The number of nitrogens with one attached hydrogen (secondary N) is 2. The second-order valence-electron chi connectivity index (χ2n) is 3.88. The maximum Gasteiger partial charge on any atom is 0.0474 e. The summed E-state index contributed by atoms with van der Waals surface area (Å²) >= 11 is 0. The van der Waals surface area contributed by atoms with Crippen molar-refractivity contribution in [2.24, 2.45) is 0 Å². The van der Waals surface area contributed by atoms with Gasteiger partial charge in [-0.3, -0.25) is 0 Å². The van der Waals surface area contributed by atoms with Crippen LogP contribution in [0, 0.1) is 0 Å². The van der Waals surface area contributed by atoms with Crippen LogP contribution < -0.4 is 10.6 Å². The van der Waals surface area contributed by atoms with Crippen molar-refractivity contribution in [3.63, 3.8) is 0 Å². The van der Waals surface area contributed by atoms with E-state index in [0.29, 0.717) is 6.04 Å². The molecule has 1 saturated carbocycles. The Morgan fingerprint density at radius 1 is 1.46 bits per heavy atom. The summed E-state index contributed by atoms with van der Waals surface area (Å²) in [6.45, 7) is 5.23. The highest BCUT2D eigenvalue weighted by molar-refractivity contribution is 4.82. The molecule has 1 aliphatic carbocycles. The van der Waals surface area contributed by atoms with Gasteiger partial charge in [-0.05, 0) is 32.7 Å². The zero-order valence-corrected chi connectivity index (χ0v) is 8.81. The second kappa shape index (κ2) is 6.35. The van der Waals surface area contributed by atoms with Crippen LogP contribution in [0.5, 0.6) is 0 Å². The Bertz CT molecular complexity index is 126. The fraction of sp³-hybridized carbons (Fsp3) is 1.00. The highest BCUT2D eigenvalue weighted by Crippen LogP contribution is 2.18. The average molecular weight is 186 g/mol. The number of ether oxygens (including phenoxy) is 1. The van der Waals surface area contributed by atoms with Crippen molar-refractivity contribution in [3.05, 3.63) is 0 Å². The lowest BCUT2D eigenvalue weighted by atomic mass is 10.3. The third-order valence-electron chi connectivity index (χ3n) is 2.31. The van der Waals surface area contributed by atoms with E-state index in [4.69, 9.17) is 4.74 Å². The van der Waals surface area contributed by atoms with Crippen LogP contribution >= 0.6 is 0 Å². The maximum absolute atomic E-state index is 4.98. The van der Waals surface area contributed by atoms with E-state index in [1.54, 1.807) is 7.11 Å². The largest absolute Gasteiger partial charge is 0.385 e. The third kappa shape index (κ3) is 6.02. The SMILES string of the molecule is COCCCNC(C)CNC1CC1. The minimum atomic E-state index is 0.581. The van der Waals surface area contributed by atoms with Crippen LogP contribution in [0.4, 0.5) is 0 Å². The quantitative estimate of drug-likeness (QED) is 0.549. The van der Waals surface area contributed by atoms with Crippen LogP contribution in [0.2, 0.25) is 0 Å². The Morgan fingerprint density at radius 2 is 2.23 bits per heavy atom. The first-order chi connectivity index (χ1) is 6.33. The Kier molecular flexibility index (Phi) is 5.35. The molecule has 1 fully saturated rings. The molecule has 2 N–H and O–H groups in total. The zero-order chi connectivity index (χ0) is 9.52. The lowest BCUT2D eigenvalue weighted by Crippen LogP contribution is -2.37. The highest BCUT2D eigenvalue weighted by atomic mass is 16.5. The van der Waals surface area contributed by atoms with Gasteiger partial charge in [0, 0.05) is 32.3 Å². The summed E-state index contributed by atoms with van der Waals surface area (Å²) in [6, 6.07) is 1.40. The highest BCUT2D eigenvalue weighted by Gasteiger charge is 2.20. The van der Waals surface area contributed by atoms with Crippen LogP contribution in [0.1, 0.15) is 26.2 Å². The monoisotopic (exact) mass is 186 g/mol. The molecular formula is C10H22N2O. The number of hydrogen-bond acceptors (Lipinski definition) is 3. The summed E-state index contributed by atoms with van der Waals surface area (Å²) in [6.07, 6.45) is 3.84. The van der Waals surface area contributed by atoms with Crippen LogP contribution in [-0.4, -0.2) is 38.9 Å². The van der Waals surface area contributed by atoms with E-state index in [2.05, 4.69) is 17.6 Å². The summed E-state index contributed by atoms with van der Waals surface area (Å²) in [4.78, 5) is 0. The van der Waals surface area contributed by atoms with E-state index in [-0.39, 0.29) is 0 Å². The van der Waals surface area contributed by atoms with E-state index < -0.39 is 0 Å². The van der Waals surface area contributed by atoms with Gasteiger partial charge < -0.3 is 15.4 Å². The summed E-state index contributed by atoms with van der Waals surface area (Å²) in [5.74, 6) is 0. The molecule has 0 heterocycles. The van der Waals surface area contributed by atoms with Gasteiger partial charge in [-0.2, -0.15) is 0 Å². The van der Waals surface area contributed by atoms with Crippen molar-refractivity contribution < 1.29 is 4.74 Å². The van der Waals surface area contributed by atoms with E-state index in [1.807, 2.05) is 0 Å². The van der Waals surface area contributed by atoms with Crippen molar-refractivity contribution in [2.45, 2.75) is 38.3 Å². The van der Waals surface area contributed by atoms with E-state index in [1.165, 1.54) is 12.8 Å². The molecule has 3 nitrogen and oxygen atoms in total. The molecule has 0 radical (unpaired) electrons. The fourth-order valence-electron chi connectivity index (χ4n) is 1.27. The Morgan fingerprint density at radius 3 is 2.85 bits per heavy atom. The molecule has 78 valence electrons. The Hall–Kier alpha value is -0.120. The standard InChI is InChI=1S/C10H22N2O/c1-9(8-12-10-4-5-10)11-6-3-7-13-2/h9-12H,3-8H2,1-2H3. The van der Waals surface area contributed by atoms with Crippen molar-refractivity contribution in [1.82, 2.24) is 10.6 Å². The lowest BCUT2D eigenvalue weighted by Gasteiger charge is -2.13. The number of methoxy groups -OCH3 is 1. The van der Waals surface area contributed by atoms with Crippen LogP contribution in [0.25, 0.3) is 0 Å². The van der Waals surface area contributed by atoms with E-state index in [9.17, 15) is 0 Å². The van der Waals surface area contributed by atoms with Gasteiger partial charge in [-0.15, -0.1) is 0 Å². The first-order valence-electron chi connectivity index (χ1n) is 5.28. The first kappa shape index (κ1) is 11.0. The summed E-state index contributed by atoms with van der Waals surface area (Å²) in [7, 11) is 1.75. The first-order valence-corrected chi connectivity index (χ1v) is 5.28. The topological polar surface area (TPSA) is 33.3 Å². The van der Waals surface area contributed by atoms with Gasteiger partial charge in [-0.1, -0.05) is 0 Å². The Balaban J connectivity index is 1.81. The minimum Gasteiger partial charge on any atom is -0.385 e. The predicted molar refractivity (Wildman–Crippen MR) is 55.0 cm³/mol. The molecular weight excluding hydrogens is 164 g/mol. The fourth-order valence-corrected chi connectivity index (χ4v) is 1.27. The molecule has 1 unspecified atom stereocenters. The molecule has 1 rings (SSSR count). The summed E-state index contributed by atoms with van der Waals surface area (Å²) in [5, 5.41) is 6.96. The lowest BCUT2D eigenvalue weighted by molar-refractivity contribution is 0.193. The zero-order valence-electron chi connectivity index (χ0n) is 8.81. The smallest absolute Gasteiger partial charge is 0.0474 e. The predicted octanol–water partition coefficient (Wildman–Crippen LogP) is 0.753. The number of rotatable bonds is 8. The molecule has 13 heavy (non-hydrogen) atoms. The van der Waals surface area contributed by atoms with Gasteiger partial charge in [0.15, 0.2) is 0 Å². The third-order valence-corrected chi connectivity index (χ3v) is 2.31. The summed E-state index contributed by atoms with van der Waals surface area (Å²) in [5.41, 5.74) is 0. The molecule has 0 amide bonds. The molecule has 0 aromatic heterocycles. The van der Waals surface area contributed by atoms with Crippen molar-refractivity contribution in [2.75, 3.05) is 26.8 Å². The molecule has 3 heteroatoms. The molecule has 1 aliphatic rings. The van der Waals surface area contributed by atoms with E-state index >= 15 is 0 Å². The van der Waals surface area contributed by atoms with Gasteiger partial charge >= 0.3 is 0 Å². The van der Waals surface area contributed by atoms with Crippen LogP contribution in [-0.2, 0) is 4.74 Å². The Labute approximate surface area is 81.2 Å². The van der Waals surface area contributed by atoms with Crippen molar-refractivity contribution in [3.8, 4) is 0 Å². The van der Waals surface area contributed by atoms with Crippen LogP contribution in [0.15, 0.2) is 0 Å². The molecule has 0 aromatic carbocycles. The van der Waals surface area contributed by atoms with Crippen molar-refractivity contribution >= 4 is 0 Å². The normalized spacial score (nSPS) is 18.9. The molecule has 0 aliphatic heterocycles. The minimum absolute atomic E-state index is 0.581. The van der Waals surface area contributed by atoms with Crippen LogP contribution in [0.3, 0.4) is 0 Å². The maximum atomic E-state index is 4.98. The molecule has 0 saturated heterocycles. The van der Waals surface area contributed by atoms with Gasteiger partial charge in [0.05, 0.1) is 0 Å². The van der Waals surface area contributed by atoms with Gasteiger partial charge in [0.25, 0.3) is 0 Å². The van der Waals surface area contributed by atoms with Gasteiger partial charge in [0.1, 0.15) is 0 Å². The number of hydrogen-bond donors (Lipinski definition) is 2. The van der Waals surface area contributed by atoms with Gasteiger partial charge in [-0.25, -0.2) is 0 Å². The molecule has 0 bridgehead atoms. The average Bonchev–Trinajstić information content (AvgIpc) is 2.92. The van der Waals surface area contributed by atoms with Gasteiger partial charge in [0.2, 0.25) is 0 Å². The molecule has 0 spiro atoms. The van der Waals surface area contributed by atoms with E-state index in [0.717, 1.165) is 32.2 Å². The second-order valence-corrected chi connectivity index (χ2v) is 3.88. The summed E-state index contributed by atoms with van der Waals surface area (Å²) < 4.78 is 4.98. The van der Waals surface area contributed by atoms with Crippen molar-refractivity contribution in [1.29, 1.82) is 0 Å².